The Morgan fingerprint density at radius 1 is 0.966 bits per heavy atom. The molecule has 3 rings (SSSR count). The molecular formula is C22H21ClN2O3S. The number of aryl methyl sites for hydroxylation is 1. The molecule has 0 aliphatic heterocycles. The molecular weight excluding hydrogens is 408 g/mol. The molecule has 0 aromatic heterocycles. The lowest BCUT2D eigenvalue weighted by atomic mass is 10.1. The molecule has 1 atom stereocenters. The minimum atomic E-state index is -3.91. The molecule has 0 bridgehead atoms. The molecule has 0 radical (unpaired) electrons. The summed E-state index contributed by atoms with van der Waals surface area (Å²) < 4.78 is 28.2. The zero-order chi connectivity index (χ0) is 20.9. The summed E-state index contributed by atoms with van der Waals surface area (Å²) in [5.74, 6) is -0.433. The molecule has 150 valence electrons. The fourth-order valence-electron chi connectivity index (χ4n) is 2.86. The fourth-order valence-corrected chi connectivity index (χ4v) is 4.18. The smallest absolute Gasteiger partial charge is 0.242 e. The predicted molar refractivity (Wildman–Crippen MR) is 116 cm³/mol. The number of halogens is 1. The quantitative estimate of drug-likeness (QED) is 0.592. The van der Waals surface area contributed by atoms with Gasteiger partial charge in [0.1, 0.15) is 6.04 Å². The number of amides is 1. The van der Waals surface area contributed by atoms with Crippen LogP contribution in [0.15, 0.2) is 83.8 Å². The Labute approximate surface area is 175 Å². The normalized spacial score (nSPS) is 12.3. The van der Waals surface area contributed by atoms with Crippen LogP contribution in [0, 0.1) is 6.92 Å². The van der Waals surface area contributed by atoms with Crippen LogP contribution in [0.2, 0.25) is 5.02 Å². The SMILES string of the molecule is Cc1cccc(NC(=O)C(Cc2ccccc2)NS(=O)(=O)c2ccc(Cl)cc2)c1. The summed E-state index contributed by atoms with van der Waals surface area (Å²) in [6.45, 7) is 1.92. The van der Waals surface area contributed by atoms with E-state index in [4.69, 9.17) is 11.6 Å². The van der Waals surface area contributed by atoms with Gasteiger partial charge in [-0.05, 0) is 60.9 Å². The first-order valence-electron chi connectivity index (χ1n) is 9.03. The average Bonchev–Trinajstić information content (AvgIpc) is 2.68. The largest absolute Gasteiger partial charge is 0.325 e. The molecule has 1 amide bonds. The highest BCUT2D eigenvalue weighted by Gasteiger charge is 2.26. The van der Waals surface area contributed by atoms with Crippen LogP contribution in [0.3, 0.4) is 0 Å². The van der Waals surface area contributed by atoms with E-state index in [2.05, 4.69) is 10.0 Å². The van der Waals surface area contributed by atoms with Gasteiger partial charge in [-0.15, -0.1) is 0 Å². The van der Waals surface area contributed by atoms with E-state index in [1.807, 2.05) is 55.5 Å². The summed E-state index contributed by atoms with van der Waals surface area (Å²) in [7, 11) is -3.91. The molecule has 5 nitrogen and oxygen atoms in total. The number of rotatable bonds is 7. The molecule has 0 saturated heterocycles. The Bertz CT molecular complexity index is 1080. The van der Waals surface area contributed by atoms with Gasteiger partial charge in [-0.1, -0.05) is 54.1 Å². The molecule has 2 N–H and O–H groups in total. The maximum atomic E-state index is 12.9. The number of hydrogen-bond acceptors (Lipinski definition) is 3. The fraction of sp³-hybridized carbons (Fsp3) is 0.136. The number of benzene rings is 3. The summed E-state index contributed by atoms with van der Waals surface area (Å²) >= 11 is 5.85. The van der Waals surface area contributed by atoms with Gasteiger partial charge in [0.15, 0.2) is 0 Å². The number of nitrogens with one attached hydrogen (secondary N) is 2. The van der Waals surface area contributed by atoms with E-state index in [1.165, 1.54) is 24.3 Å². The van der Waals surface area contributed by atoms with Gasteiger partial charge < -0.3 is 5.32 Å². The summed E-state index contributed by atoms with van der Waals surface area (Å²) in [5.41, 5.74) is 2.44. The highest BCUT2D eigenvalue weighted by atomic mass is 35.5. The van der Waals surface area contributed by atoms with Gasteiger partial charge in [-0.3, -0.25) is 4.79 Å². The standard InChI is InChI=1S/C22H21ClN2O3S/c1-16-6-5-9-19(14-16)24-22(26)21(15-17-7-3-2-4-8-17)25-29(27,28)20-12-10-18(23)11-13-20/h2-14,21,25H,15H2,1H3,(H,24,26). The predicted octanol–water partition coefficient (Wildman–Crippen LogP) is 4.18. The van der Waals surface area contributed by atoms with E-state index >= 15 is 0 Å². The summed E-state index contributed by atoms with van der Waals surface area (Å²) in [6.07, 6.45) is 0.214. The van der Waals surface area contributed by atoms with E-state index in [0.29, 0.717) is 10.7 Å². The Morgan fingerprint density at radius 2 is 1.66 bits per heavy atom. The van der Waals surface area contributed by atoms with E-state index in [1.54, 1.807) is 6.07 Å². The molecule has 0 spiro atoms. The second-order valence-electron chi connectivity index (χ2n) is 6.68. The maximum absolute atomic E-state index is 12.9. The van der Waals surface area contributed by atoms with Crippen molar-refractivity contribution in [2.45, 2.75) is 24.3 Å². The Kier molecular flexibility index (Phi) is 6.69. The van der Waals surface area contributed by atoms with Gasteiger partial charge in [-0.2, -0.15) is 4.72 Å². The number of anilines is 1. The highest BCUT2D eigenvalue weighted by Crippen LogP contribution is 2.16. The first-order valence-corrected chi connectivity index (χ1v) is 10.9. The maximum Gasteiger partial charge on any atom is 0.242 e. The number of sulfonamides is 1. The number of hydrogen-bond donors (Lipinski definition) is 2. The molecule has 0 fully saturated rings. The van der Waals surface area contributed by atoms with Gasteiger partial charge in [0.05, 0.1) is 4.90 Å². The van der Waals surface area contributed by atoms with Gasteiger partial charge >= 0.3 is 0 Å². The van der Waals surface area contributed by atoms with E-state index in [9.17, 15) is 13.2 Å². The zero-order valence-electron chi connectivity index (χ0n) is 15.8. The molecule has 7 heteroatoms. The number of carbonyl (C=O) groups excluding carboxylic acids is 1. The Hall–Kier alpha value is -2.67. The van der Waals surface area contributed by atoms with Crippen LogP contribution >= 0.6 is 11.6 Å². The second kappa shape index (κ2) is 9.22. The summed E-state index contributed by atoms with van der Waals surface area (Å²) in [5, 5.41) is 3.23. The van der Waals surface area contributed by atoms with Gasteiger partial charge in [-0.25, -0.2) is 8.42 Å². The molecule has 0 aliphatic rings. The Morgan fingerprint density at radius 3 is 2.31 bits per heavy atom. The van der Waals surface area contributed by atoms with Crippen LogP contribution in [-0.2, 0) is 21.2 Å². The zero-order valence-corrected chi connectivity index (χ0v) is 17.4. The van der Waals surface area contributed by atoms with E-state index in [-0.39, 0.29) is 11.3 Å². The monoisotopic (exact) mass is 428 g/mol. The highest BCUT2D eigenvalue weighted by molar-refractivity contribution is 7.89. The minimum absolute atomic E-state index is 0.0447. The van der Waals surface area contributed by atoms with Crippen LogP contribution in [0.5, 0.6) is 0 Å². The van der Waals surface area contributed by atoms with Crippen LogP contribution in [0.25, 0.3) is 0 Å². The molecule has 0 heterocycles. The van der Waals surface area contributed by atoms with Crippen molar-refractivity contribution in [1.82, 2.24) is 4.72 Å². The molecule has 29 heavy (non-hydrogen) atoms. The summed E-state index contributed by atoms with van der Waals surface area (Å²) in [6, 6.07) is 21.4. The van der Waals surface area contributed by atoms with Crippen molar-refractivity contribution >= 4 is 33.2 Å². The van der Waals surface area contributed by atoms with E-state index < -0.39 is 22.0 Å². The lowest BCUT2D eigenvalue weighted by molar-refractivity contribution is -0.117. The third-order valence-electron chi connectivity index (χ3n) is 4.31. The molecule has 0 saturated carbocycles. The average molecular weight is 429 g/mol. The van der Waals surface area contributed by atoms with Gasteiger partial charge in [0.2, 0.25) is 15.9 Å². The van der Waals surface area contributed by atoms with Crippen LogP contribution in [-0.4, -0.2) is 20.4 Å². The lowest BCUT2D eigenvalue weighted by Gasteiger charge is -2.19. The van der Waals surface area contributed by atoms with Crippen LogP contribution < -0.4 is 10.0 Å². The van der Waals surface area contributed by atoms with Crippen molar-refractivity contribution in [3.63, 3.8) is 0 Å². The first kappa shape index (κ1) is 21.0. The van der Waals surface area contributed by atoms with Crippen LogP contribution in [0.4, 0.5) is 5.69 Å². The van der Waals surface area contributed by atoms with E-state index in [0.717, 1.165) is 11.1 Å². The molecule has 3 aromatic carbocycles. The lowest BCUT2D eigenvalue weighted by Crippen LogP contribution is -2.45. The molecule has 1 unspecified atom stereocenters. The topological polar surface area (TPSA) is 75.3 Å². The van der Waals surface area contributed by atoms with Crippen LogP contribution in [0.1, 0.15) is 11.1 Å². The number of carbonyl (C=O) groups is 1. The van der Waals surface area contributed by atoms with Gasteiger partial charge in [0, 0.05) is 10.7 Å². The molecule has 3 aromatic rings. The molecule has 0 aliphatic carbocycles. The van der Waals surface area contributed by atoms with Crippen molar-refractivity contribution in [3.05, 3.63) is 95.0 Å². The van der Waals surface area contributed by atoms with Crippen molar-refractivity contribution in [2.75, 3.05) is 5.32 Å². The Balaban J connectivity index is 1.85. The summed E-state index contributed by atoms with van der Waals surface area (Å²) in [4.78, 5) is 13.0. The van der Waals surface area contributed by atoms with Crippen molar-refractivity contribution in [2.24, 2.45) is 0 Å². The first-order chi connectivity index (χ1) is 13.8. The van der Waals surface area contributed by atoms with Crippen molar-refractivity contribution < 1.29 is 13.2 Å². The van der Waals surface area contributed by atoms with Gasteiger partial charge in [0.25, 0.3) is 0 Å². The van der Waals surface area contributed by atoms with Crippen molar-refractivity contribution in [3.8, 4) is 0 Å². The minimum Gasteiger partial charge on any atom is -0.325 e. The van der Waals surface area contributed by atoms with Crippen molar-refractivity contribution in [1.29, 1.82) is 0 Å². The third kappa shape index (κ3) is 5.90. The second-order valence-corrected chi connectivity index (χ2v) is 8.83. The third-order valence-corrected chi connectivity index (χ3v) is 6.05.